The van der Waals surface area contributed by atoms with Crippen molar-refractivity contribution < 1.29 is 14.2 Å². The van der Waals surface area contributed by atoms with Crippen LogP contribution in [0, 0.1) is 33.5 Å². The molecule has 0 bridgehead atoms. The second kappa shape index (κ2) is 4.95. The maximum Gasteiger partial charge on any atom is 0.293 e. The zero-order valence-corrected chi connectivity index (χ0v) is 14.0. The molecule has 1 aliphatic carbocycles. The normalized spacial score (nSPS) is 40.9. The number of rotatable bonds is 3. The largest absolute Gasteiger partial charge is 0.494 e. The Balaban J connectivity index is 1.81. The predicted octanol–water partition coefficient (Wildman–Crippen LogP) is 1.66. The second-order valence-electron chi connectivity index (χ2n) is 6.59. The highest BCUT2D eigenvalue weighted by atomic mass is 16.8. The minimum absolute atomic E-state index is 0.101. The van der Waals surface area contributed by atoms with E-state index in [1.54, 1.807) is 0 Å². The van der Waals surface area contributed by atoms with Crippen molar-refractivity contribution in [3.63, 3.8) is 0 Å². The van der Waals surface area contributed by atoms with E-state index in [0.717, 1.165) is 11.3 Å². The number of benzene rings is 1. The first kappa shape index (κ1) is 15.9. The molecule has 1 saturated carbocycles. The standard InChI is InChI=1S/C18H18N4O3/c1-3-23-13-6-4-12(5-7-13)14-16(9-19)15(21)22-18(17(14,16)10-20)24-8-11(2)25-18/h4-7,11,14H,3,8H2,1-2H3,(H2,21,22). The van der Waals surface area contributed by atoms with Gasteiger partial charge in [-0.05, 0) is 31.5 Å². The molecule has 25 heavy (non-hydrogen) atoms. The Morgan fingerprint density at radius 2 is 2.04 bits per heavy atom. The van der Waals surface area contributed by atoms with E-state index in [-0.39, 0.29) is 11.9 Å². The Bertz CT molecular complexity index is 839. The molecule has 4 rings (SSSR count). The summed E-state index contributed by atoms with van der Waals surface area (Å²) in [5.74, 6) is -1.14. The van der Waals surface area contributed by atoms with Gasteiger partial charge in [-0.3, -0.25) is 0 Å². The SMILES string of the molecule is CCOc1ccc(C2C3(C#N)C(N)=NC4(OCC(C)O4)C23C#N)cc1. The van der Waals surface area contributed by atoms with Crippen LogP contribution in [0.1, 0.15) is 25.3 Å². The van der Waals surface area contributed by atoms with E-state index in [0.29, 0.717) is 13.2 Å². The molecule has 2 aliphatic heterocycles. The van der Waals surface area contributed by atoms with Crippen LogP contribution in [0.25, 0.3) is 0 Å². The van der Waals surface area contributed by atoms with Gasteiger partial charge in [0, 0.05) is 5.92 Å². The topological polar surface area (TPSA) is 114 Å². The third-order valence-corrected chi connectivity index (χ3v) is 5.33. The number of hydrogen-bond donors (Lipinski definition) is 1. The Labute approximate surface area is 145 Å². The molecule has 5 unspecified atom stereocenters. The fourth-order valence-corrected chi connectivity index (χ4v) is 4.28. The molecular weight excluding hydrogens is 320 g/mol. The molecule has 2 fully saturated rings. The first-order valence-electron chi connectivity index (χ1n) is 8.24. The summed E-state index contributed by atoms with van der Waals surface area (Å²) in [6.07, 6.45) is -0.224. The zero-order valence-electron chi connectivity index (χ0n) is 14.0. The quantitative estimate of drug-likeness (QED) is 0.896. The summed E-state index contributed by atoms with van der Waals surface area (Å²) in [5.41, 5.74) is 4.42. The van der Waals surface area contributed by atoms with Gasteiger partial charge in [0.15, 0.2) is 5.41 Å². The van der Waals surface area contributed by atoms with Crippen molar-refractivity contribution in [3.05, 3.63) is 29.8 Å². The van der Waals surface area contributed by atoms with Gasteiger partial charge in [0.25, 0.3) is 5.91 Å². The van der Waals surface area contributed by atoms with Gasteiger partial charge in [0.2, 0.25) is 0 Å². The van der Waals surface area contributed by atoms with Crippen molar-refractivity contribution in [2.24, 2.45) is 21.6 Å². The van der Waals surface area contributed by atoms with Crippen LogP contribution in [0.2, 0.25) is 0 Å². The summed E-state index contributed by atoms with van der Waals surface area (Å²) in [4.78, 5) is 4.29. The number of ether oxygens (including phenoxy) is 3. The van der Waals surface area contributed by atoms with Crippen LogP contribution < -0.4 is 10.5 Å². The van der Waals surface area contributed by atoms with Gasteiger partial charge in [0.1, 0.15) is 17.0 Å². The molecule has 2 N–H and O–H groups in total. The van der Waals surface area contributed by atoms with E-state index < -0.39 is 22.7 Å². The zero-order chi connectivity index (χ0) is 17.9. The number of fused-ring (bicyclic) bond motifs is 2. The molecule has 0 aromatic heterocycles. The van der Waals surface area contributed by atoms with Crippen LogP contribution in [0.5, 0.6) is 5.75 Å². The lowest BCUT2D eigenvalue weighted by atomic mass is 9.94. The average Bonchev–Trinajstić information content (AvgIpc) is 3.00. The van der Waals surface area contributed by atoms with E-state index in [1.807, 2.05) is 38.1 Å². The summed E-state index contributed by atoms with van der Waals surface area (Å²) in [6, 6.07) is 11.9. The number of amidine groups is 1. The number of aliphatic imine (C=N–C) groups is 1. The lowest BCUT2D eigenvalue weighted by Crippen LogP contribution is -2.39. The van der Waals surface area contributed by atoms with Gasteiger partial charge in [0.05, 0.1) is 31.5 Å². The van der Waals surface area contributed by atoms with Gasteiger partial charge in [-0.25, -0.2) is 4.99 Å². The molecule has 3 aliphatic rings. The molecule has 2 heterocycles. The van der Waals surface area contributed by atoms with E-state index in [2.05, 4.69) is 17.1 Å². The molecular formula is C18H18N4O3. The molecule has 1 spiro atoms. The Hall–Kier alpha value is -2.61. The minimum atomic E-state index is -1.51. The second-order valence-corrected chi connectivity index (χ2v) is 6.59. The number of nitrogens with zero attached hydrogens (tertiary/aromatic N) is 3. The Morgan fingerprint density at radius 1 is 1.32 bits per heavy atom. The van der Waals surface area contributed by atoms with E-state index in [1.165, 1.54) is 0 Å². The lowest BCUT2D eigenvalue weighted by Gasteiger charge is -2.26. The molecule has 1 aromatic rings. The average molecular weight is 338 g/mol. The minimum Gasteiger partial charge on any atom is -0.494 e. The van der Waals surface area contributed by atoms with Crippen molar-refractivity contribution in [1.29, 1.82) is 10.5 Å². The summed E-state index contributed by atoms with van der Waals surface area (Å²) in [7, 11) is 0. The van der Waals surface area contributed by atoms with Crippen molar-refractivity contribution in [2.75, 3.05) is 13.2 Å². The summed E-state index contributed by atoms with van der Waals surface area (Å²) < 4.78 is 17.1. The van der Waals surface area contributed by atoms with E-state index in [9.17, 15) is 10.5 Å². The number of nitrogens with two attached hydrogens (primary N) is 1. The highest BCUT2D eigenvalue weighted by Gasteiger charge is 2.94. The number of hydrogen-bond acceptors (Lipinski definition) is 7. The van der Waals surface area contributed by atoms with Gasteiger partial charge in [-0.2, -0.15) is 10.5 Å². The smallest absolute Gasteiger partial charge is 0.293 e. The first-order chi connectivity index (χ1) is 12.0. The predicted molar refractivity (Wildman–Crippen MR) is 87.3 cm³/mol. The van der Waals surface area contributed by atoms with Crippen LogP contribution in [0.4, 0.5) is 0 Å². The van der Waals surface area contributed by atoms with Crippen LogP contribution in [-0.4, -0.2) is 31.1 Å². The molecule has 0 amide bonds. The molecule has 7 nitrogen and oxygen atoms in total. The van der Waals surface area contributed by atoms with E-state index >= 15 is 0 Å². The van der Waals surface area contributed by atoms with Gasteiger partial charge in [-0.15, -0.1) is 0 Å². The molecule has 0 radical (unpaired) electrons. The highest BCUT2D eigenvalue weighted by Crippen LogP contribution is 2.82. The van der Waals surface area contributed by atoms with E-state index in [4.69, 9.17) is 19.9 Å². The molecule has 5 atom stereocenters. The Morgan fingerprint density at radius 3 is 2.56 bits per heavy atom. The van der Waals surface area contributed by atoms with Crippen molar-refractivity contribution in [3.8, 4) is 17.9 Å². The fraction of sp³-hybridized carbons (Fsp3) is 0.500. The first-order valence-corrected chi connectivity index (χ1v) is 8.24. The highest BCUT2D eigenvalue weighted by molar-refractivity contribution is 6.00. The Kier molecular flexibility index (Phi) is 3.15. The molecule has 1 saturated heterocycles. The van der Waals surface area contributed by atoms with Crippen molar-refractivity contribution in [1.82, 2.24) is 0 Å². The van der Waals surface area contributed by atoms with Gasteiger partial charge in [-0.1, -0.05) is 12.1 Å². The van der Waals surface area contributed by atoms with Crippen LogP contribution >= 0.6 is 0 Å². The summed E-state index contributed by atoms with van der Waals surface area (Å²) >= 11 is 0. The summed E-state index contributed by atoms with van der Waals surface area (Å²) in [5, 5.41) is 20.0. The van der Waals surface area contributed by atoms with Gasteiger partial charge < -0.3 is 19.9 Å². The van der Waals surface area contributed by atoms with Crippen LogP contribution in [0.15, 0.2) is 29.3 Å². The van der Waals surface area contributed by atoms with Crippen LogP contribution in [-0.2, 0) is 9.47 Å². The third kappa shape index (κ3) is 1.62. The number of nitriles is 2. The van der Waals surface area contributed by atoms with Gasteiger partial charge >= 0.3 is 0 Å². The maximum absolute atomic E-state index is 10.0. The summed E-state index contributed by atoms with van der Waals surface area (Å²) in [6.45, 7) is 4.62. The lowest BCUT2D eigenvalue weighted by molar-refractivity contribution is -0.193. The third-order valence-electron chi connectivity index (χ3n) is 5.33. The molecule has 1 aromatic carbocycles. The van der Waals surface area contributed by atoms with Crippen molar-refractivity contribution in [2.45, 2.75) is 31.8 Å². The molecule has 7 heteroatoms. The van der Waals surface area contributed by atoms with Crippen molar-refractivity contribution >= 4 is 5.84 Å². The molecule has 128 valence electrons. The fourth-order valence-electron chi connectivity index (χ4n) is 4.28. The monoisotopic (exact) mass is 338 g/mol. The van der Waals surface area contributed by atoms with Crippen LogP contribution in [0.3, 0.4) is 0 Å². The maximum atomic E-state index is 10.0.